The standard InChI is InChI=1S/C24H21NO/c1-26-22-16-12-19(13-17-22)23-8-4-2-6-18(23)10-14-21-15-11-20-7-3-5-9-24(20)25-21/h2-9,11-13,15-17H,10,14H2,1H3. The molecule has 0 aliphatic rings. The number of aryl methyl sites for hydroxylation is 2. The van der Waals surface area contributed by atoms with E-state index >= 15 is 0 Å². The zero-order valence-electron chi connectivity index (χ0n) is 14.9. The zero-order valence-corrected chi connectivity index (χ0v) is 14.9. The van der Waals surface area contributed by atoms with Crippen LogP contribution in [-0.4, -0.2) is 12.1 Å². The summed E-state index contributed by atoms with van der Waals surface area (Å²) in [7, 11) is 1.69. The Hall–Kier alpha value is -3.13. The molecule has 0 fully saturated rings. The van der Waals surface area contributed by atoms with Gasteiger partial charge in [0, 0.05) is 11.1 Å². The Morgan fingerprint density at radius 3 is 2.35 bits per heavy atom. The molecule has 2 nitrogen and oxygen atoms in total. The minimum absolute atomic E-state index is 0.881. The first kappa shape index (κ1) is 16.3. The number of aromatic nitrogens is 1. The largest absolute Gasteiger partial charge is 0.497 e. The van der Waals surface area contributed by atoms with Gasteiger partial charge < -0.3 is 4.74 Å². The SMILES string of the molecule is COc1ccc(-c2ccccc2CCc2ccc3ccccc3n2)cc1. The molecule has 1 aromatic heterocycles. The normalized spacial score (nSPS) is 10.8. The van der Waals surface area contributed by atoms with Crippen molar-refractivity contribution in [1.29, 1.82) is 0 Å². The van der Waals surface area contributed by atoms with Gasteiger partial charge >= 0.3 is 0 Å². The third-order valence-corrected chi connectivity index (χ3v) is 4.72. The second-order valence-electron chi connectivity index (χ2n) is 6.38. The van der Waals surface area contributed by atoms with Gasteiger partial charge in [0.1, 0.15) is 5.75 Å². The number of nitrogens with zero attached hydrogens (tertiary/aromatic N) is 1. The van der Waals surface area contributed by atoms with Crippen LogP contribution < -0.4 is 4.74 Å². The van der Waals surface area contributed by atoms with Gasteiger partial charge in [0.05, 0.1) is 12.6 Å². The molecule has 0 saturated carbocycles. The van der Waals surface area contributed by atoms with Crippen molar-refractivity contribution >= 4 is 10.9 Å². The Morgan fingerprint density at radius 1 is 0.731 bits per heavy atom. The lowest BCUT2D eigenvalue weighted by atomic mass is 9.96. The van der Waals surface area contributed by atoms with Gasteiger partial charge in [-0.1, -0.05) is 60.7 Å². The first-order valence-electron chi connectivity index (χ1n) is 8.90. The smallest absolute Gasteiger partial charge is 0.118 e. The molecule has 0 atom stereocenters. The molecular formula is C24H21NO. The van der Waals surface area contributed by atoms with E-state index in [-0.39, 0.29) is 0 Å². The Balaban J connectivity index is 1.57. The number of fused-ring (bicyclic) bond motifs is 1. The molecule has 3 aromatic carbocycles. The van der Waals surface area contributed by atoms with Gasteiger partial charge in [0.25, 0.3) is 0 Å². The number of rotatable bonds is 5. The molecular weight excluding hydrogens is 318 g/mol. The van der Waals surface area contributed by atoms with Gasteiger partial charge in [-0.15, -0.1) is 0 Å². The predicted octanol–water partition coefficient (Wildman–Crippen LogP) is 5.70. The number of methoxy groups -OCH3 is 1. The number of benzene rings is 3. The van der Waals surface area contributed by atoms with Crippen molar-refractivity contribution in [1.82, 2.24) is 4.98 Å². The highest BCUT2D eigenvalue weighted by Gasteiger charge is 2.06. The summed E-state index contributed by atoms with van der Waals surface area (Å²) < 4.78 is 5.27. The van der Waals surface area contributed by atoms with Crippen molar-refractivity contribution in [3.63, 3.8) is 0 Å². The summed E-state index contributed by atoms with van der Waals surface area (Å²) in [6, 6.07) is 29.4. The van der Waals surface area contributed by atoms with Gasteiger partial charge in [-0.25, -0.2) is 0 Å². The van der Waals surface area contributed by atoms with Crippen molar-refractivity contribution in [3.05, 3.63) is 96.2 Å². The third kappa shape index (κ3) is 3.45. The molecule has 2 heteroatoms. The van der Waals surface area contributed by atoms with Crippen molar-refractivity contribution in [2.24, 2.45) is 0 Å². The van der Waals surface area contributed by atoms with E-state index in [1.165, 1.54) is 22.1 Å². The molecule has 0 radical (unpaired) electrons. The van der Waals surface area contributed by atoms with E-state index < -0.39 is 0 Å². The fourth-order valence-corrected chi connectivity index (χ4v) is 3.30. The highest BCUT2D eigenvalue weighted by Crippen LogP contribution is 2.26. The Labute approximate surface area is 154 Å². The highest BCUT2D eigenvalue weighted by atomic mass is 16.5. The van der Waals surface area contributed by atoms with Crippen LogP contribution in [0.5, 0.6) is 5.75 Å². The second kappa shape index (κ2) is 7.40. The van der Waals surface area contributed by atoms with Gasteiger partial charge in [-0.2, -0.15) is 0 Å². The van der Waals surface area contributed by atoms with Crippen LogP contribution in [0.1, 0.15) is 11.3 Å². The van der Waals surface area contributed by atoms with E-state index in [1.54, 1.807) is 7.11 Å². The maximum absolute atomic E-state index is 5.27. The fourth-order valence-electron chi connectivity index (χ4n) is 3.30. The molecule has 26 heavy (non-hydrogen) atoms. The zero-order chi connectivity index (χ0) is 17.8. The quantitative estimate of drug-likeness (QED) is 0.465. The van der Waals surface area contributed by atoms with Gasteiger partial charge in [-0.05, 0) is 53.8 Å². The molecule has 0 aliphatic heterocycles. The molecule has 4 aromatic rings. The summed E-state index contributed by atoms with van der Waals surface area (Å²) in [6.45, 7) is 0. The molecule has 128 valence electrons. The van der Waals surface area contributed by atoms with E-state index in [9.17, 15) is 0 Å². The average molecular weight is 339 g/mol. The van der Waals surface area contributed by atoms with Crippen LogP contribution in [0.25, 0.3) is 22.0 Å². The minimum atomic E-state index is 0.881. The Kier molecular flexibility index (Phi) is 4.65. The summed E-state index contributed by atoms with van der Waals surface area (Å²) in [6.07, 6.45) is 1.89. The van der Waals surface area contributed by atoms with Crippen LogP contribution in [0, 0.1) is 0 Å². The maximum Gasteiger partial charge on any atom is 0.118 e. The van der Waals surface area contributed by atoms with Gasteiger partial charge in [-0.3, -0.25) is 4.98 Å². The van der Waals surface area contributed by atoms with E-state index in [0.29, 0.717) is 0 Å². The number of para-hydroxylation sites is 1. The summed E-state index contributed by atoms with van der Waals surface area (Å²) in [4.78, 5) is 4.80. The van der Waals surface area contributed by atoms with E-state index in [2.05, 4.69) is 66.7 Å². The van der Waals surface area contributed by atoms with Crippen molar-refractivity contribution < 1.29 is 4.74 Å². The van der Waals surface area contributed by atoms with Gasteiger partial charge in [0.15, 0.2) is 0 Å². The molecule has 0 N–H and O–H groups in total. The van der Waals surface area contributed by atoms with Gasteiger partial charge in [0.2, 0.25) is 0 Å². The lowest BCUT2D eigenvalue weighted by molar-refractivity contribution is 0.415. The lowest BCUT2D eigenvalue weighted by Gasteiger charge is -2.11. The Morgan fingerprint density at radius 2 is 1.50 bits per heavy atom. The maximum atomic E-state index is 5.27. The van der Waals surface area contributed by atoms with Crippen LogP contribution in [-0.2, 0) is 12.8 Å². The van der Waals surface area contributed by atoms with Crippen LogP contribution in [0.3, 0.4) is 0 Å². The molecule has 4 rings (SSSR count). The molecule has 0 aliphatic carbocycles. The molecule has 0 unspecified atom stereocenters. The van der Waals surface area contributed by atoms with Crippen LogP contribution >= 0.6 is 0 Å². The van der Waals surface area contributed by atoms with Crippen molar-refractivity contribution in [2.75, 3.05) is 7.11 Å². The third-order valence-electron chi connectivity index (χ3n) is 4.72. The van der Waals surface area contributed by atoms with Crippen molar-refractivity contribution in [3.8, 4) is 16.9 Å². The summed E-state index contributed by atoms with van der Waals surface area (Å²) in [5.74, 6) is 0.881. The first-order chi connectivity index (χ1) is 12.8. The second-order valence-corrected chi connectivity index (χ2v) is 6.38. The minimum Gasteiger partial charge on any atom is -0.497 e. The average Bonchev–Trinajstić information content (AvgIpc) is 2.72. The summed E-state index contributed by atoms with van der Waals surface area (Å²) in [5, 5.41) is 1.19. The number of ether oxygens (including phenoxy) is 1. The van der Waals surface area contributed by atoms with Crippen LogP contribution in [0.15, 0.2) is 84.9 Å². The number of hydrogen-bond acceptors (Lipinski definition) is 2. The topological polar surface area (TPSA) is 22.1 Å². The highest BCUT2D eigenvalue weighted by molar-refractivity contribution is 5.78. The number of pyridine rings is 1. The molecule has 0 amide bonds. The number of hydrogen-bond donors (Lipinski definition) is 0. The van der Waals surface area contributed by atoms with E-state index in [4.69, 9.17) is 9.72 Å². The molecule has 0 saturated heterocycles. The summed E-state index contributed by atoms with van der Waals surface area (Å²) >= 11 is 0. The fraction of sp³-hybridized carbons (Fsp3) is 0.125. The molecule has 0 bridgehead atoms. The Bertz CT molecular complexity index is 1020. The van der Waals surface area contributed by atoms with E-state index in [0.717, 1.165) is 29.8 Å². The lowest BCUT2D eigenvalue weighted by Crippen LogP contribution is -1.97. The molecule has 1 heterocycles. The first-order valence-corrected chi connectivity index (χ1v) is 8.90. The molecule has 0 spiro atoms. The monoisotopic (exact) mass is 339 g/mol. The van der Waals surface area contributed by atoms with E-state index in [1.807, 2.05) is 18.2 Å². The van der Waals surface area contributed by atoms with Crippen LogP contribution in [0.4, 0.5) is 0 Å². The predicted molar refractivity (Wildman–Crippen MR) is 108 cm³/mol. The van der Waals surface area contributed by atoms with Crippen LogP contribution in [0.2, 0.25) is 0 Å². The summed E-state index contributed by atoms with van der Waals surface area (Å²) in [5.41, 5.74) is 6.03. The van der Waals surface area contributed by atoms with Crippen molar-refractivity contribution in [2.45, 2.75) is 12.8 Å².